The molecular weight excluding hydrogens is 268 g/mol. The molecule has 94 valence electrons. The Morgan fingerprint density at radius 1 is 0.944 bits per heavy atom. The van der Waals surface area contributed by atoms with E-state index in [1.165, 1.54) is 24.3 Å². The van der Waals surface area contributed by atoms with E-state index in [4.69, 9.17) is 11.6 Å². The van der Waals surface area contributed by atoms with Crippen LogP contribution in [0.3, 0.4) is 0 Å². The lowest BCUT2D eigenvalue weighted by atomic mass is 10.0. The number of rotatable bonds is 1. The molecule has 0 aliphatic heterocycles. The van der Waals surface area contributed by atoms with Crippen LogP contribution in [0.25, 0.3) is 11.1 Å². The highest BCUT2D eigenvalue weighted by Gasteiger charge is 2.33. The summed E-state index contributed by atoms with van der Waals surface area (Å²) in [6.07, 6.45) is -4.56. The summed E-state index contributed by atoms with van der Waals surface area (Å²) in [5.41, 5.74) is -0.714. The maximum Gasteiger partial charge on any atom is 0.417 e. The molecule has 0 heterocycles. The Bertz CT molecular complexity index is 575. The molecule has 0 saturated carbocycles. The maximum atomic E-state index is 13.5. The van der Waals surface area contributed by atoms with Crippen molar-refractivity contribution >= 4 is 11.6 Å². The molecule has 18 heavy (non-hydrogen) atoms. The predicted molar refractivity (Wildman–Crippen MR) is 61.8 cm³/mol. The molecule has 2 aromatic carbocycles. The van der Waals surface area contributed by atoms with Crippen LogP contribution in [0.5, 0.6) is 0 Å². The number of benzene rings is 2. The van der Waals surface area contributed by atoms with Gasteiger partial charge in [0.2, 0.25) is 0 Å². The van der Waals surface area contributed by atoms with Crippen molar-refractivity contribution in [3.05, 3.63) is 58.9 Å². The first-order valence-corrected chi connectivity index (χ1v) is 5.39. The summed E-state index contributed by atoms with van der Waals surface area (Å²) in [5, 5.41) is -0.400. The highest BCUT2D eigenvalue weighted by molar-refractivity contribution is 6.31. The zero-order valence-corrected chi connectivity index (χ0v) is 9.69. The summed E-state index contributed by atoms with van der Waals surface area (Å²) < 4.78 is 51.5. The van der Waals surface area contributed by atoms with E-state index >= 15 is 0 Å². The highest BCUT2D eigenvalue weighted by atomic mass is 35.5. The SMILES string of the molecule is Fc1ccccc1-c1ccc(Cl)c(C(F)(F)F)c1. The summed E-state index contributed by atoms with van der Waals surface area (Å²) in [7, 11) is 0. The minimum atomic E-state index is -4.56. The number of hydrogen-bond acceptors (Lipinski definition) is 0. The molecule has 0 unspecified atom stereocenters. The third-order valence-electron chi connectivity index (χ3n) is 2.46. The number of halogens is 5. The molecule has 5 heteroatoms. The Kier molecular flexibility index (Phi) is 3.30. The van der Waals surface area contributed by atoms with E-state index in [1.807, 2.05) is 0 Å². The summed E-state index contributed by atoms with van der Waals surface area (Å²) >= 11 is 5.49. The van der Waals surface area contributed by atoms with E-state index in [2.05, 4.69) is 0 Å². The van der Waals surface area contributed by atoms with E-state index in [0.29, 0.717) is 0 Å². The minimum absolute atomic E-state index is 0.111. The van der Waals surface area contributed by atoms with Crippen molar-refractivity contribution in [2.45, 2.75) is 6.18 Å². The van der Waals surface area contributed by atoms with Crippen molar-refractivity contribution in [1.29, 1.82) is 0 Å². The summed E-state index contributed by atoms with van der Waals surface area (Å²) in [6.45, 7) is 0. The zero-order valence-electron chi connectivity index (χ0n) is 8.93. The van der Waals surface area contributed by atoms with Crippen LogP contribution in [-0.4, -0.2) is 0 Å². The van der Waals surface area contributed by atoms with Crippen LogP contribution < -0.4 is 0 Å². The van der Waals surface area contributed by atoms with Crippen LogP contribution in [-0.2, 0) is 6.18 Å². The van der Waals surface area contributed by atoms with Gasteiger partial charge in [-0.1, -0.05) is 35.9 Å². The quantitative estimate of drug-likeness (QED) is 0.630. The molecule has 0 aromatic heterocycles. The average Bonchev–Trinajstić information content (AvgIpc) is 2.29. The Balaban J connectivity index is 2.58. The molecule has 0 amide bonds. The summed E-state index contributed by atoms with van der Waals surface area (Å²) in [5.74, 6) is -0.576. The van der Waals surface area contributed by atoms with Crippen LogP contribution >= 0.6 is 11.6 Å². The first-order valence-electron chi connectivity index (χ1n) is 5.01. The largest absolute Gasteiger partial charge is 0.417 e. The lowest BCUT2D eigenvalue weighted by molar-refractivity contribution is -0.137. The van der Waals surface area contributed by atoms with Crippen molar-refractivity contribution < 1.29 is 17.6 Å². The van der Waals surface area contributed by atoms with Crippen LogP contribution in [0.4, 0.5) is 17.6 Å². The Morgan fingerprint density at radius 2 is 1.61 bits per heavy atom. The van der Waals surface area contributed by atoms with Gasteiger partial charge in [-0.15, -0.1) is 0 Å². The molecule has 0 atom stereocenters. The van der Waals surface area contributed by atoms with Crippen LogP contribution in [0.2, 0.25) is 5.02 Å². The Hall–Kier alpha value is -1.55. The second-order valence-corrected chi connectivity index (χ2v) is 4.08. The van der Waals surface area contributed by atoms with E-state index in [9.17, 15) is 17.6 Å². The van der Waals surface area contributed by atoms with Crippen LogP contribution in [0, 0.1) is 5.82 Å². The van der Waals surface area contributed by atoms with Crippen molar-refractivity contribution in [2.75, 3.05) is 0 Å². The Labute approximate surface area is 106 Å². The van der Waals surface area contributed by atoms with Crippen molar-refractivity contribution in [3.8, 4) is 11.1 Å². The van der Waals surface area contributed by atoms with Gasteiger partial charge in [0.15, 0.2) is 0 Å². The van der Waals surface area contributed by atoms with Crippen molar-refractivity contribution in [1.82, 2.24) is 0 Å². The maximum absolute atomic E-state index is 13.5. The molecule has 0 bridgehead atoms. The fraction of sp³-hybridized carbons (Fsp3) is 0.0769. The van der Waals surface area contributed by atoms with Crippen LogP contribution in [0.15, 0.2) is 42.5 Å². The molecule has 2 aromatic rings. The van der Waals surface area contributed by atoms with Crippen molar-refractivity contribution in [3.63, 3.8) is 0 Å². The number of alkyl halides is 3. The molecule has 0 N–H and O–H groups in total. The second kappa shape index (κ2) is 4.61. The van der Waals surface area contributed by atoms with Gasteiger partial charge in [-0.2, -0.15) is 13.2 Å². The van der Waals surface area contributed by atoms with Gasteiger partial charge in [-0.05, 0) is 23.8 Å². The third kappa shape index (κ3) is 2.48. The zero-order chi connectivity index (χ0) is 13.3. The first kappa shape index (κ1) is 12.9. The third-order valence-corrected chi connectivity index (χ3v) is 2.79. The topological polar surface area (TPSA) is 0 Å². The highest BCUT2D eigenvalue weighted by Crippen LogP contribution is 2.37. The monoisotopic (exact) mass is 274 g/mol. The van der Waals surface area contributed by atoms with Gasteiger partial charge in [0.1, 0.15) is 5.82 Å². The van der Waals surface area contributed by atoms with Gasteiger partial charge >= 0.3 is 6.18 Å². The molecular formula is C13H7ClF4. The van der Waals surface area contributed by atoms with E-state index < -0.39 is 22.6 Å². The van der Waals surface area contributed by atoms with Gasteiger partial charge in [0.05, 0.1) is 10.6 Å². The van der Waals surface area contributed by atoms with E-state index in [0.717, 1.165) is 12.1 Å². The van der Waals surface area contributed by atoms with Crippen molar-refractivity contribution in [2.24, 2.45) is 0 Å². The predicted octanol–water partition coefficient (Wildman–Crippen LogP) is 5.16. The van der Waals surface area contributed by atoms with Gasteiger partial charge in [-0.3, -0.25) is 0 Å². The lowest BCUT2D eigenvalue weighted by Crippen LogP contribution is -2.06. The van der Waals surface area contributed by atoms with Gasteiger partial charge in [0.25, 0.3) is 0 Å². The first-order chi connectivity index (χ1) is 8.39. The van der Waals surface area contributed by atoms with E-state index in [-0.39, 0.29) is 11.1 Å². The smallest absolute Gasteiger partial charge is 0.206 e. The lowest BCUT2D eigenvalue weighted by Gasteiger charge is -2.11. The fourth-order valence-corrected chi connectivity index (χ4v) is 1.83. The van der Waals surface area contributed by atoms with Gasteiger partial charge < -0.3 is 0 Å². The molecule has 0 fully saturated rings. The molecule has 2 rings (SSSR count). The van der Waals surface area contributed by atoms with Gasteiger partial charge in [0, 0.05) is 5.56 Å². The standard InChI is InChI=1S/C13H7ClF4/c14-11-6-5-8(7-10(11)13(16,17)18)9-3-1-2-4-12(9)15/h1-7H. The second-order valence-electron chi connectivity index (χ2n) is 3.67. The molecule has 0 spiro atoms. The Morgan fingerprint density at radius 3 is 2.22 bits per heavy atom. The van der Waals surface area contributed by atoms with Crippen LogP contribution in [0.1, 0.15) is 5.56 Å². The molecule has 0 aliphatic rings. The summed E-state index contributed by atoms with van der Waals surface area (Å²) in [6, 6.07) is 8.96. The summed E-state index contributed by atoms with van der Waals surface area (Å²) in [4.78, 5) is 0. The molecule has 0 nitrogen and oxygen atoms in total. The van der Waals surface area contributed by atoms with Gasteiger partial charge in [-0.25, -0.2) is 4.39 Å². The molecule has 0 radical (unpaired) electrons. The molecule has 0 saturated heterocycles. The normalized spacial score (nSPS) is 11.6. The fourth-order valence-electron chi connectivity index (χ4n) is 1.61. The minimum Gasteiger partial charge on any atom is -0.206 e. The number of hydrogen-bond donors (Lipinski definition) is 0. The molecule has 0 aliphatic carbocycles. The average molecular weight is 275 g/mol. The van der Waals surface area contributed by atoms with E-state index in [1.54, 1.807) is 6.07 Å².